The Balaban J connectivity index is 1.95. The molecule has 2 aromatic rings. The number of hydrogen-bond donors (Lipinski definition) is 3. The fourth-order valence-electron chi connectivity index (χ4n) is 1.98. The van der Waals surface area contributed by atoms with E-state index in [1.165, 1.54) is 11.8 Å². The van der Waals surface area contributed by atoms with E-state index in [-0.39, 0.29) is 24.1 Å². The highest BCUT2D eigenvalue weighted by Gasteiger charge is 2.08. The van der Waals surface area contributed by atoms with Gasteiger partial charge in [-0.05, 0) is 36.8 Å². The van der Waals surface area contributed by atoms with Gasteiger partial charge in [-0.3, -0.25) is 9.59 Å². The van der Waals surface area contributed by atoms with Crippen LogP contribution in [0.1, 0.15) is 5.56 Å². The molecule has 0 unspecified atom stereocenters. The number of carbonyl (C=O) groups excluding carboxylic acids is 2. The van der Waals surface area contributed by atoms with Crippen molar-refractivity contribution < 1.29 is 9.59 Å². The molecular weight excluding hydrogens is 346 g/mol. The van der Waals surface area contributed by atoms with Crippen LogP contribution in [-0.2, 0) is 9.59 Å². The molecule has 24 heavy (non-hydrogen) atoms. The number of aryl methyl sites for hydroxylation is 1. The second-order valence-corrected chi connectivity index (χ2v) is 6.56. The molecule has 2 rings (SSSR count). The highest BCUT2D eigenvalue weighted by atomic mass is 35.5. The average Bonchev–Trinajstić information content (AvgIpc) is 2.54. The lowest BCUT2D eigenvalue weighted by Crippen LogP contribution is -2.22. The van der Waals surface area contributed by atoms with Gasteiger partial charge in [0.1, 0.15) is 0 Å². The van der Waals surface area contributed by atoms with Gasteiger partial charge in [-0.2, -0.15) is 0 Å². The van der Waals surface area contributed by atoms with Gasteiger partial charge in [0.15, 0.2) is 0 Å². The summed E-state index contributed by atoms with van der Waals surface area (Å²) >= 11 is 7.43. The van der Waals surface area contributed by atoms with E-state index < -0.39 is 0 Å². The molecule has 0 fully saturated rings. The standard InChI is InChI=1S/C17H18ClN3O2S/c1-11-6-7-13(12(18)8-11)21-17(23)9-20-14-4-2-3-5-15(14)24-10-16(19)22/h2-8,20H,9-10H2,1H3,(H2,19,22)(H,21,23). The number of primary amides is 1. The van der Waals surface area contributed by atoms with Crippen molar-refractivity contribution in [2.75, 3.05) is 22.9 Å². The molecule has 4 N–H and O–H groups in total. The molecule has 0 aliphatic rings. The SMILES string of the molecule is Cc1ccc(NC(=O)CNc2ccccc2SCC(N)=O)c(Cl)c1. The second-order valence-electron chi connectivity index (χ2n) is 5.14. The Morgan fingerprint density at radius 1 is 1.17 bits per heavy atom. The van der Waals surface area contributed by atoms with Crippen LogP contribution in [0.4, 0.5) is 11.4 Å². The van der Waals surface area contributed by atoms with Crippen LogP contribution in [-0.4, -0.2) is 24.1 Å². The molecule has 0 spiro atoms. The maximum atomic E-state index is 12.1. The van der Waals surface area contributed by atoms with Crippen LogP contribution < -0.4 is 16.4 Å². The third-order valence-corrected chi connectivity index (χ3v) is 4.50. The van der Waals surface area contributed by atoms with Gasteiger partial charge < -0.3 is 16.4 Å². The zero-order valence-corrected chi connectivity index (χ0v) is 14.7. The van der Waals surface area contributed by atoms with Gasteiger partial charge in [-0.15, -0.1) is 11.8 Å². The molecule has 7 heteroatoms. The number of amides is 2. The van der Waals surface area contributed by atoms with E-state index in [9.17, 15) is 9.59 Å². The Morgan fingerprint density at radius 3 is 2.62 bits per heavy atom. The summed E-state index contributed by atoms with van der Waals surface area (Å²) in [6.07, 6.45) is 0. The van der Waals surface area contributed by atoms with E-state index in [1.54, 1.807) is 12.1 Å². The van der Waals surface area contributed by atoms with E-state index in [0.717, 1.165) is 16.1 Å². The van der Waals surface area contributed by atoms with Crippen LogP contribution in [0.25, 0.3) is 0 Å². The first kappa shape index (κ1) is 18.2. The normalized spacial score (nSPS) is 10.2. The van der Waals surface area contributed by atoms with Gasteiger partial charge >= 0.3 is 0 Å². The number of para-hydroxylation sites is 1. The summed E-state index contributed by atoms with van der Waals surface area (Å²) in [7, 11) is 0. The molecule has 5 nitrogen and oxygen atoms in total. The predicted octanol–water partition coefficient (Wildman–Crippen LogP) is 3.28. The summed E-state index contributed by atoms with van der Waals surface area (Å²) in [5.41, 5.74) is 7.54. The number of nitrogens with one attached hydrogen (secondary N) is 2. The summed E-state index contributed by atoms with van der Waals surface area (Å²) in [4.78, 5) is 23.9. The summed E-state index contributed by atoms with van der Waals surface area (Å²) in [5, 5.41) is 6.32. The van der Waals surface area contributed by atoms with Gasteiger partial charge in [0, 0.05) is 10.6 Å². The highest BCUT2D eigenvalue weighted by Crippen LogP contribution is 2.27. The first-order valence-electron chi connectivity index (χ1n) is 7.25. The Kier molecular flexibility index (Phi) is 6.52. The van der Waals surface area contributed by atoms with Gasteiger partial charge in [-0.25, -0.2) is 0 Å². The first-order valence-corrected chi connectivity index (χ1v) is 8.62. The molecule has 0 radical (unpaired) electrons. The highest BCUT2D eigenvalue weighted by molar-refractivity contribution is 8.00. The van der Waals surface area contributed by atoms with Gasteiger partial charge in [-0.1, -0.05) is 29.8 Å². The third kappa shape index (κ3) is 5.47. The minimum Gasteiger partial charge on any atom is -0.375 e. The maximum Gasteiger partial charge on any atom is 0.243 e. The number of nitrogens with two attached hydrogens (primary N) is 1. The number of anilines is 2. The van der Waals surface area contributed by atoms with E-state index in [2.05, 4.69) is 10.6 Å². The lowest BCUT2D eigenvalue weighted by molar-refractivity contribution is -0.116. The summed E-state index contributed by atoms with van der Waals surface area (Å²) < 4.78 is 0. The topological polar surface area (TPSA) is 84.2 Å². The largest absolute Gasteiger partial charge is 0.375 e. The molecule has 0 heterocycles. The fourth-order valence-corrected chi connectivity index (χ4v) is 3.03. The average molecular weight is 364 g/mol. The molecule has 0 aliphatic carbocycles. The molecule has 0 saturated carbocycles. The van der Waals surface area contributed by atoms with Crippen molar-refractivity contribution in [1.82, 2.24) is 0 Å². The minimum absolute atomic E-state index is 0.0817. The Morgan fingerprint density at radius 2 is 1.92 bits per heavy atom. The summed E-state index contributed by atoms with van der Waals surface area (Å²) in [6.45, 7) is 2.01. The van der Waals surface area contributed by atoms with Gasteiger partial charge in [0.2, 0.25) is 11.8 Å². The number of carbonyl (C=O) groups is 2. The van der Waals surface area contributed by atoms with Crippen molar-refractivity contribution in [3.63, 3.8) is 0 Å². The Bertz CT molecular complexity index is 752. The molecule has 0 aromatic heterocycles. The monoisotopic (exact) mass is 363 g/mol. The third-order valence-electron chi connectivity index (χ3n) is 3.10. The van der Waals surface area contributed by atoms with Crippen molar-refractivity contribution in [1.29, 1.82) is 0 Å². The van der Waals surface area contributed by atoms with Gasteiger partial charge in [0.25, 0.3) is 0 Å². The number of hydrogen-bond acceptors (Lipinski definition) is 4. The Labute approximate surface area is 150 Å². The van der Waals surface area contributed by atoms with Crippen molar-refractivity contribution in [3.8, 4) is 0 Å². The molecule has 2 aromatic carbocycles. The molecule has 0 bridgehead atoms. The Hall–Kier alpha value is -2.18. The van der Waals surface area contributed by atoms with Gasteiger partial charge in [0.05, 0.1) is 23.0 Å². The van der Waals surface area contributed by atoms with Crippen molar-refractivity contribution >= 4 is 46.6 Å². The van der Waals surface area contributed by atoms with Crippen LogP contribution in [0.3, 0.4) is 0 Å². The van der Waals surface area contributed by atoms with Crippen LogP contribution >= 0.6 is 23.4 Å². The van der Waals surface area contributed by atoms with Crippen molar-refractivity contribution in [2.45, 2.75) is 11.8 Å². The first-order chi connectivity index (χ1) is 11.5. The zero-order valence-electron chi connectivity index (χ0n) is 13.1. The molecule has 2 amide bonds. The maximum absolute atomic E-state index is 12.1. The number of halogens is 1. The van der Waals surface area contributed by atoms with E-state index in [1.807, 2.05) is 37.3 Å². The van der Waals surface area contributed by atoms with Crippen molar-refractivity contribution in [3.05, 3.63) is 53.1 Å². The molecule has 0 saturated heterocycles. The second kappa shape index (κ2) is 8.61. The van der Waals surface area contributed by atoms with Crippen LogP contribution in [0.2, 0.25) is 5.02 Å². The molecule has 0 aliphatic heterocycles. The smallest absolute Gasteiger partial charge is 0.243 e. The summed E-state index contributed by atoms with van der Waals surface area (Å²) in [5.74, 6) is -0.416. The predicted molar refractivity (Wildman–Crippen MR) is 99.7 cm³/mol. The zero-order chi connectivity index (χ0) is 17.5. The van der Waals surface area contributed by atoms with Crippen LogP contribution in [0.15, 0.2) is 47.4 Å². The quantitative estimate of drug-likeness (QED) is 0.659. The number of thioether (sulfide) groups is 1. The van der Waals surface area contributed by atoms with E-state index >= 15 is 0 Å². The molecule has 126 valence electrons. The summed E-state index contributed by atoms with van der Waals surface area (Å²) in [6, 6.07) is 12.9. The lowest BCUT2D eigenvalue weighted by atomic mass is 10.2. The van der Waals surface area contributed by atoms with Crippen molar-refractivity contribution in [2.24, 2.45) is 5.73 Å². The lowest BCUT2D eigenvalue weighted by Gasteiger charge is -2.12. The fraction of sp³-hybridized carbons (Fsp3) is 0.176. The minimum atomic E-state index is -0.387. The number of rotatable bonds is 7. The molecular formula is C17H18ClN3O2S. The van der Waals surface area contributed by atoms with E-state index in [0.29, 0.717) is 10.7 Å². The van der Waals surface area contributed by atoms with Crippen LogP contribution in [0, 0.1) is 6.92 Å². The molecule has 0 atom stereocenters. The van der Waals surface area contributed by atoms with Crippen LogP contribution in [0.5, 0.6) is 0 Å². The van der Waals surface area contributed by atoms with E-state index in [4.69, 9.17) is 17.3 Å². The number of benzene rings is 2.